The minimum Gasteiger partial charge on any atom is -0.273 e. The molecule has 0 unspecified atom stereocenters. The second-order valence-corrected chi connectivity index (χ2v) is 7.86. The SMILES string of the molecule is O=C1CS/C(=N/S(=O)(=O)c2cccs2)N1c1ccccc1. The Morgan fingerprint density at radius 2 is 1.86 bits per heavy atom. The van der Waals surface area contributed by atoms with Gasteiger partial charge in [0.15, 0.2) is 5.17 Å². The number of benzene rings is 1. The quantitative estimate of drug-likeness (QED) is 0.863. The highest BCUT2D eigenvalue weighted by molar-refractivity contribution is 8.16. The average Bonchev–Trinajstić information content (AvgIpc) is 3.10. The van der Waals surface area contributed by atoms with Crippen molar-refractivity contribution in [1.29, 1.82) is 0 Å². The largest absolute Gasteiger partial charge is 0.294 e. The number of amidine groups is 1. The molecule has 1 aromatic heterocycles. The second-order valence-electron chi connectivity index (χ2n) is 4.13. The highest BCUT2D eigenvalue weighted by Crippen LogP contribution is 2.28. The van der Waals surface area contributed by atoms with Gasteiger partial charge in [0.1, 0.15) is 4.21 Å². The molecule has 1 fully saturated rings. The van der Waals surface area contributed by atoms with Gasteiger partial charge in [-0.25, -0.2) is 0 Å². The Labute approximate surface area is 130 Å². The summed E-state index contributed by atoms with van der Waals surface area (Å²) >= 11 is 2.23. The standard InChI is InChI=1S/C13H10N2O3S3/c16-11-9-20-13(15(11)10-5-2-1-3-6-10)14-21(17,18)12-7-4-8-19-12/h1-8H,9H2/b14-13+. The van der Waals surface area contributed by atoms with E-state index in [0.29, 0.717) is 5.69 Å². The molecule has 1 aliphatic rings. The number of hydrogen-bond donors (Lipinski definition) is 0. The fourth-order valence-corrected chi connectivity index (χ4v) is 4.88. The molecule has 0 aliphatic carbocycles. The molecule has 2 aromatic rings. The summed E-state index contributed by atoms with van der Waals surface area (Å²) in [4.78, 5) is 13.3. The molecule has 1 amide bonds. The molecule has 1 saturated heterocycles. The van der Waals surface area contributed by atoms with E-state index in [0.717, 1.165) is 23.1 Å². The summed E-state index contributed by atoms with van der Waals surface area (Å²) in [6, 6.07) is 12.1. The van der Waals surface area contributed by atoms with E-state index in [1.165, 1.54) is 11.0 Å². The zero-order chi connectivity index (χ0) is 14.9. The van der Waals surface area contributed by atoms with Crippen LogP contribution in [-0.4, -0.2) is 25.2 Å². The Bertz CT molecular complexity index is 783. The van der Waals surface area contributed by atoms with Crippen LogP contribution in [0.4, 0.5) is 5.69 Å². The number of nitrogens with zero attached hydrogens (tertiary/aromatic N) is 2. The first kappa shape index (κ1) is 14.3. The molecule has 21 heavy (non-hydrogen) atoms. The Morgan fingerprint density at radius 1 is 1.10 bits per heavy atom. The number of carbonyl (C=O) groups is 1. The molecular weight excluding hydrogens is 328 g/mol. The number of rotatable bonds is 3. The molecule has 0 atom stereocenters. The molecule has 0 N–H and O–H groups in total. The van der Waals surface area contributed by atoms with Crippen molar-refractivity contribution in [3.05, 3.63) is 47.8 Å². The lowest BCUT2D eigenvalue weighted by Gasteiger charge is -2.15. The first-order valence-corrected chi connectivity index (χ1v) is 9.28. The molecule has 8 heteroatoms. The van der Waals surface area contributed by atoms with Gasteiger partial charge < -0.3 is 0 Å². The zero-order valence-electron chi connectivity index (χ0n) is 10.7. The number of amides is 1. The summed E-state index contributed by atoms with van der Waals surface area (Å²) in [5.74, 6) is 0.0135. The van der Waals surface area contributed by atoms with Crippen LogP contribution in [0.1, 0.15) is 0 Å². The number of anilines is 1. The van der Waals surface area contributed by atoms with Crippen LogP contribution in [0.3, 0.4) is 0 Å². The molecule has 0 radical (unpaired) electrons. The number of carbonyl (C=O) groups excluding carboxylic acids is 1. The molecule has 2 heterocycles. The summed E-state index contributed by atoms with van der Waals surface area (Å²) in [5.41, 5.74) is 0.618. The van der Waals surface area contributed by atoms with Crippen LogP contribution in [0.5, 0.6) is 0 Å². The van der Waals surface area contributed by atoms with E-state index in [9.17, 15) is 13.2 Å². The third-order valence-corrected chi connectivity index (χ3v) is 6.41. The monoisotopic (exact) mass is 338 g/mol. The molecule has 0 bridgehead atoms. The third kappa shape index (κ3) is 2.87. The summed E-state index contributed by atoms with van der Waals surface area (Å²) in [6.45, 7) is 0. The predicted octanol–water partition coefficient (Wildman–Crippen LogP) is 2.57. The summed E-state index contributed by atoms with van der Waals surface area (Å²) < 4.78 is 28.4. The van der Waals surface area contributed by atoms with Crippen molar-refractivity contribution in [2.45, 2.75) is 4.21 Å². The number of thioether (sulfide) groups is 1. The van der Waals surface area contributed by atoms with E-state index in [1.54, 1.807) is 35.7 Å². The van der Waals surface area contributed by atoms with Crippen molar-refractivity contribution in [2.75, 3.05) is 10.7 Å². The zero-order valence-corrected chi connectivity index (χ0v) is 13.1. The third-order valence-electron chi connectivity index (χ3n) is 2.73. The summed E-state index contributed by atoms with van der Waals surface area (Å²) in [7, 11) is -3.77. The van der Waals surface area contributed by atoms with Gasteiger partial charge in [-0.1, -0.05) is 36.0 Å². The van der Waals surface area contributed by atoms with E-state index in [1.807, 2.05) is 6.07 Å². The van der Waals surface area contributed by atoms with Gasteiger partial charge >= 0.3 is 0 Å². The fourth-order valence-electron chi connectivity index (χ4n) is 1.82. The minimum absolute atomic E-state index is 0.169. The van der Waals surface area contributed by atoms with Gasteiger partial charge in [0.05, 0.1) is 11.4 Å². The van der Waals surface area contributed by atoms with Crippen molar-refractivity contribution in [2.24, 2.45) is 4.40 Å². The average molecular weight is 338 g/mol. The maximum Gasteiger partial charge on any atom is 0.294 e. The van der Waals surface area contributed by atoms with Crippen molar-refractivity contribution in [3.8, 4) is 0 Å². The topological polar surface area (TPSA) is 66.8 Å². The van der Waals surface area contributed by atoms with Gasteiger partial charge in [-0.2, -0.15) is 8.42 Å². The second kappa shape index (κ2) is 5.63. The Hall–Kier alpha value is -1.64. The molecule has 1 aliphatic heterocycles. The van der Waals surface area contributed by atoms with Crippen LogP contribution < -0.4 is 4.90 Å². The molecule has 1 aromatic carbocycles. The number of para-hydroxylation sites is 1. The van der Waals surface area contributed by atoms with Crippen molar-refractivity contribution >= 4 is 49.9 Å². The van der Waals surface area contributed by atoms with Crippen LogP contribution in [0.25, 0.3) is 0 Å². The Balaban J connectivity index is 2.02. The summed E-state index contributed by atoms with van der Waals surface area (Å²) in [5, 5.41) is 1.87. The highest BCUT2D eigenvalue weighted by Gasteiger charge is 2.31. The lowest BCUT2D eigenvalue weighted by molar-refractivity contribution is -0.115. The number of thiophene rings is 1. The minimum atomic E-state index is -3.77. The van der Waals surface area contributed by atoms with Crippen LogP contribution in [-0.2, 0) is 14.8 Å². The van der Waals surface area contributed by atoms with E-state index >= 15 is 0 Å². The van der Waals surface area contributed by atoms with Crippen LogP contribution in [0.15, 0.2) is 56.5 Å². The molecule has 5 nitrogen and oxygen atoms in total. The maximum atomic E-state index is 12.2. The Morgan fingerprint density at radius 3 is 2.52 bits per heavy atom. The van der Waals surface area contributed by atoms with E-state index in [-0.39, 0.29) is 21.0 Å². The van der Waals surface area contributed by atoms with Crippen molar-refractivity contribution in [1.82, 2.24) is 0 Å². The molecule has 0 spiro atoms. The smallest absolute Gasteiger partial charge is 0.273 e. The van der Waals surface area contributed by atoms with Gasteiger partial charge in [-0.3, -0.25) is 9.69 Å². The molecular formula is C13H10N2O3S3. The highest BCUT2D eigenvalue weighted by atomic mass is 32.2. The maximum absolute atomic E-state index is 12.2. The van der Waals surface area contributed by atoms with Gasteiger partial charge in [0, 0.05) is 0 Å². The normalized spacial score (nSPS) is 17.6. The van der Waals surface area contributed by atoms with Crippen molar-refractivity contribution in [3.63, 3.8) is 0 Å². The van der Waals surface area contributed by atoms with Gasteiger partial charge in [-0.15, -0.1) is 15.7 Å². The first-order valence-electron chi connectivity index (χ1n) is 5.97. The lowest BCUT2D eigenvalue weighted by Crippen LogP contribution is -2.29. The fraction of sp³-hybridized carbons (Fsp3) is 0.0769. The predicted molar refractivity (Wildman–Crippen MR) is 85.3 cm³/mol. The van der Waals surface area contributed by atoms with Gasteiger partial charge in [-0.05, 0) is 23.6 Å². The first-order chi connectivity index (χ1) is 10.1. The number of sulfonamides is 1. The van der Waals surface area contributed by atoms with Gasteiger partial charge in [0.25, 0.3) is 10.0 Å². The van der Waals surface area contributed by atoms with Crippen molar-refractivity contribution < 1.29 is 13.2 Å². The molecule has 0 saturated carbocycles. The summed E-state index contributed by atoms with van der Waals surface area (Å²) in [6.07, 6.45) is 0. The van der Waals surface area contributed by atoms with E-state index < -0.39 is 10.0 Å². The van der Waals surface area contributed by atoms with Crippen LogP contribution in [0, 0.1) is 0 Å². The lowest BCUT2D eigenvalue weighted by atomic mass is 10.3. The molecule has 3 rings (SSSR count). The van der Waals surface area contributed by atoms with Gasteiger partial charge in [0.2, 0.25) is 5.91 Å². The molecule has 108 valence electrons. The van der Waals surface area contributed by atoms with E-state index in [4.69, 9.17) is 0 Å². The van der Waals surface area contributed by atoms with Crippen LogP contribution >= 0.6 is 23.1 Å². The van der Waals surface area contributed by atoms with E-state index in [2.05, 4.69) is 4.40 Å². The number of hydrogen-bond acceptors (Lipinski definition) is 5. The van der Waals surface area contributed by atoms with Crippen LogP contribution in [0.2, 0.25) is 0 Å². The Kier molecular flexibility index (Phi) is 3.83.